The van der Waals surface area contributed by atoms with Crippen LogP contribution in [0.15, 0.2) is 24.3 Å². The van der Waals surface area contributed by atoms with E-state index < -0.39 is 75.2 Å². The summed E-state index contributed by atoms with van der Waals surface area (Å²) in [5, 5.41) is 74.2. The fourth-order valence-electron chi connectivity index (χ4n) is 7.04. The molecule has 1 fully saturated rings. The van der Waals surface area contributed by atoms with E-state index in [1.807, 2.05) is 0 Å². The quantitative estimate of drug-likeness (QED) is 0.0180. The third-order valence-corrected chi connectivity index (χ3v) is 11.8. The summed E-state index contributed by atoms with van der Waals surface area (Å²) in [5.74, 6) is -0.608. The van der Waals surface area contributed by atoms with Crippen LogP contribution < -0.4 is 5.32 Å². The van der Waals surface area contributed by atoms with Gasteiger partial charge in [-0.25, -0.2) is 4.57 Å². The van der Waals surface area contributed by atoms with E-state index in [-0.39, 0.29) is 6.42 Å². The molecule has 0 aromatic heterocycles. The van der Waals surface area contributed by atoms with E-state index in [1.165, 1.54) is 96.0 Å². The van der Waals surface area contributed by atoms with Crippen molar-refractivity contribution in [2.45, 2.75) is 236 Å². The molecule has 8 atom stereocenters. The number of rotatable bonds is 36. The molecule has 1 aliphatic carbocycles. The van der Waals surface area contributed by atoms with Gasteiger partial charge in [-0.3, -0.25) is 13.8 Å². The lowest BCUT2D eigenvalue weighted by Crippen LogP contribution is -2.64. The summed E-state index contributed by atoms with van der Waals surface area (Å²) in [5.41, 5.74) is 0. The van der Waals surface area contributed by atoms with Crippen LogP contribution in [0.3, 0.4) is 0 Å². The first-order valence-corrected chi connectivity index (χ1v) is 23.9. The van der Waals surface area contributed by atoms with Crippen LogP contribution in [0.2, 0.25) is 0 Å². The predicted molar refractivity (Wildman–Crippen MR) is 224 cm³/mol. The van der Waals surface area contributed by atoms with Crippen LogP contribution in [-0.4, -0.2) is 108 Å². The average molecular weight is 836 g/mol. The molecule has 57 heavy (non-hydrogen) atoms. The third-order valence-electron chi connectivity index (χ3n) is 10.8. The number of carbonyl (C=O) groups excluding carboxylic acids is 1. The lowest BCUT2D eigenvalue weighted by molar-refractivity contribution is -0.220. The number of allylic oxidation sites excluding steroid dienone is 3. The minimum Gasteiger partial charge on any atom is -0.393 e. The highest BCUT2D eigenvalue weighted by Gasteiger charge is 2.51. The molecule has 0 aliphatic heterocycles. The Labute approximate surface area is 344 Å². The zero-order valence-corrected chi connectivity index (χ0v) is 36.1. The maximum Gasteiger partial charge on any atom is 0.472 e. The lowest BCUT2D eigenvalue weighted by atomic mass is 9.85. The number of aliphatic hydroxyl groups is 7. The summed E-state index contributed by atoms with van der Waals surface area (Å²) in [7, 11) is -5.14. The zero-order chi connectivity index (χ0) is 42.3. The SMILES string of the molecule is CCCC/C=C\CCCCC(O)CC(=O)NC(COP(=O)(O)OC1C(O)C(O)C(O)C(O)C1O)C(O)/C=C/CCCCCCCCCCCCCCCCCCC. The van der Waals surface area contributed by atoms with E-state index in [2.05, 4.69) is 31.3 Å². The van der Waals surface area contributed by atoms with Gasteiger partial charge in [0, 0.05) is 0 Å². The molecule has 13 nitrogen and oxygen atoms in total. The Morgan fingerprint density at radius 1 is 0.614 bits per heavy atom. The topological polar surface area (TPSA) is 226 Å². The smallest absolute Gasteiger partial charge is 0.393 e. The number of nitrogens with one attached hydrogen (secondary N) is 1. The Morgan fingerprint density at radius 2 is 1.04 bits per heavy atom. The van der Waals surface area contributed by atoms with Crippen molar-refractivity contribution in [3.63, 3.8) is 0 Å². The number of phosphoric ester groups is 1. The first kappa shape index (κ1) is 53.8. The van der Waals surface area contributed by atoms with Crippen LogP contribution in [0, 0.1) is 0 Å². The van der Waals surface area contributed by atoms with Gasteiger partial charge in [0.25, 0.3) is 0 Å². The second-order valence-electron chi connectivity index (χ2n) is 16.1. The Morgan fingerprint density at radius 3 is 1.54 bits per heavy atom. The van der Waals surface area contributed by atoms with Gasteiger partial charge in [0.15, 0.2) is 0 Å². The Hall–Kier alpha value is -1.22. The van der Waals surface area contributed by atoms with Crippen molar-refractivity contribution in [1.82, 2.24) is 5.32 Å². The molecule has 0 aromatic rings. The molecular weight excluding hydrogens is 753 g/mol. The largest absolute Gasteiger partial charge is 0.472 e. The maximum atomic E-state index is 12.9. The van der Waals surface area contributed by atoms with Gasteiger partial charge in [0.2, 0.25) is 5.91 Å². The van der Waals surface area contributed by atoms with E-state index in [9.17, 15) is 50.0 Å². The molecule has 336 valence electrons. The van der Waals surface area contributed by atoms with Crippen molar-refractivity contribution < 1.29 is 59.0 Å². The molecule has 0 radical (unpaired) electrons. The molecule has 0 bridgehead atoms. The first-order chi connectivity index (χ1) is 27.3. The monoisotopic (exact) mass is 836 g/mol. The molecule has 1 aliphatic rings. The zero-order valence-electron chi connectivity index (χ0n) is 35.3. The number of phosphoric acid groups is 1. The van der Waals surface area contributed by atoms with E-state index in [0.29, 0.717) is 19.3 Å². The highest BCUT2D eigenvalue weighted by atomic mass is 31.2. The Balaban J connectivity index is 2.54. The molecule has 0 aromatic carbocycles. The van der Waals surface area contributed by atoms with Crippen LogP contribution in [-0.2, 0) is 18.4 Å². The predicted octanol–water partition coefficient (Wildman–Crippen LogP) is 6.81. The lowest BCUT2D eigenvalue weighted by Gasteiger charge is -2.41. The van der Waals surface area contributed by atoms with Crippen molar-refractivity contribution in [2.75, 3.05) is 6.61 Å². The summed E-state index contributed by atoms with van der Waals surface area (Å²) in [4.78, 5) is 23.3. The van der Waals surface area contributed by atoms with Gasteiger partial charge in [-0.1, -0.05) is 160 Å². The highest BCUT2D eigenvalue weighted by molar-refractivity contribution is 7.47. The molecule has 0 heterocycles. The van der Waals surface area contributed by atoms with Crippen LogP contribution in [0.25, 0.3) is 0 Å². The number of hydrogen-bond donors (Lipinski definition) is 9. The fourth-order valence-corrected chi connectivity index (χ4v) is 8.01. The van der Waals surface area contributed by atoms with Crippen molar-refractivity contribution in [3.8, 4) is 0 Å². The van der Waals surface area contributed by atoms with Gasteiger partial charge in [-0.15, -0.1) is 0 Å². The third kappa shape index (κ3) is 25.9. The summed E-state index contributed by atoms with van der Waals surface area (Å²) < 4.78 is 22.8. The summed E-state index contributed by atoms with van der Waals surface area (Å²) in [6, 6.07) is -1.24. The number of hydrogen-bond acceptors (Lipinski definition) is 11. The molecule has 0 spiro atoms. The Bertz CT molecular complexity index is 1080. The molecule has 9 N–H and O–H groups in total. The van der Waals surface area contributed by atoms with Gasteiger partial charge in [0.05, 0.1) is 31.3 Å². The summed E-state index contributed by atoms with van der Waals surface area (Å²) in [6.45, 7) is 3.66. The summed E-state index contributed by atoms with van der Waals surface area (Å²) >= 11 is 0. The van der Waals surface area contributed by atoms with E-state index in [4.69, 9.17) is 9.05 Å². The van der Waals surface area contributed by atoms with Crippen molar-refractivity contribution in [2.24, 2.45) is 0 Å². The van der Waals surface area contributed by atoms with Crippen LogP contribution >= 0.6 is 7.82 Å². The summed E-state index contributed by atoms with van der Waals surface area (Å²) in [6.07, 6.45) is 21.5. The van der Waals surface area contributed by atoms with E-state index >= 15 is 0 Å². The average Bonchev–Trinajstić information content (AvgIpc) is 3.18. The highest BCUT2D eigenvalue weighted by Crippen LogP contribution is 2.47. The van der Waals surface area contributed by atoms with Crippen molar-refractivity contribution in [3.05, 3.63) is 24.3 Å². The molecule has 8 unspecified atom stereocenters. The molecule has 14 heteroatoms. The van der Waals surface area contributed by atoms with Crippen LogP contribution in [0.4, 0.5) is 0 Å². The number of amides is 1. The number of carbonyl (C=O) groups is 1. The first-order valence-electron chi connectivity index (χ1n) is 22.4. The van der Waals surface area contributed by atoms with E-state index in [1.54, 1.807) is 6.08 Å². The molecule has 1 rings (SSSR count). The van der Waals surface area contributed by atoms with Gasteiger partial charge >= 0.3 is 7.82 Å². The standard InChI is InChI=1S/C43H82NO12P/c1-3-5-7-9-11-13-14-15-16-17-18-19-20-21-22-23-25-27-29-31-36(46)35(44-37(47)32-34(45)30-28-26-24-12-10-8-6-4-2)33-55-57(53,54)56-43-41(51)39(49)38(48)40(50)42(43)52/h10,12,29,31,34-36,38-43,45-46,48-52H,3-9,11,13-28,30,32-33H2,1-2H3,(H,44,47)(H,53,54)/b12-10-,31-29+. The van der Waals surface area contributed by atoms with Gasteiger partial charge < -0.3 is 46.0 Å². The van der Waals surface area contributed by atoms with Crippen molar-refractivity contribution in [1.29, 1.82) is 0 Å². The second-order valence-corrected chi connectivity index (χ2v) is 17.5. The molecule has 0 saturated heterocycles. The van der Waals surface area contributed by atoms with E-state index in [0.717, 1.165) is 51.4 Å². The minimum absolute atomic E-state index is 0.260. The van der Waals surface area contributed by atoms with Crippen molar-refractivity contribution >= 4 is 13.7 Å². The fraction of sp³-hybridized carbons (Fsp3) is 0.884. The molecular formula is C43H82NO12P. The second kappa shape index (κ2) is 33.5. The van der Waals surface area contributed by atoms with Gasteiger partial charge in [0.1, 0.15) is 36.6 Å². The number of aliphatic hydroxyl groups excluding tert-OH is 7. The minimum atomic E-state index is -5.14. The molecule has 1 saturated carbocycles. The normalized spacial score (nSPS) is 24.2. The Kier molecular flexibility index (Phi) is 31.6. The van der Waals surface area contributed by atoms with Crippen LogP contribution in [0.1, 0.15) is 181 Å². The molecule has 1 amide bonds. The van der Waals surface area contributed by atoms with Gasteiger partial charge in [-0.05, 0) is 38.5 Å². The maximum absolute atomic E-state index is 12.9. The number of unbranched alkanes of at least 4 members (excludes halogenated alkanes) is 21. The van der Waals surface area contributed by atoms with Gasteiger partial charge in [-0.2, -0.15) is 0 Å². The van der Waals surface area contributed by atoms with Crippen LogP contribution in [0.5, 0.6) is 0 Å².